The van der Waals surface area contributed by atoms with Gasteiger partial charge in [0.25, 0.3) is 0 Å². The summed E-state index contributed by atoms with van der Waals surface area (Å²) in [4.78, 5) is 12.9. The molecule has 4 rings (SSSR count). The molecule has 116 valence electrons. The maximum absolute atomic E-state index is 12.9. The van der Waals surface area contributed by atoms with Crippen LogP contribution in [0.5, 0.6) is 5.75 Å². The Morgan fingerprint density at radius 2 is 1.50 bits per heavy atom. The third kappa shape index (κ3) is 2.36. The van der Waals surface area contributed by atoms with Crippen LogP contribution in [0.25, 0.3) is 22.1 Å². The van der Waals surface area contributed by atoms with Gasteiger partial charge in [-0.3, -0.25) is 4.79 Å². The largest absolute Gasteiger partial charge is 0.508 e. The molecule has 24 heavy (non-hydrogen) atoms. The van der Waals surface area contributed by atoms with E-state index in [1.807, 2.05) is 48.5 Å². The van der Waals surface area contributed by atoms with Crippen LogP contribution in [-0.4, -0.2) is 10.9 Å². The zero-order chi connectivity index (χ0) is 16.5. The average Bonchev–Trinajstić information content (AvgIpc) is 3.01. The highest BCUT2D eigenvalue weighted by molar-refractivity contribution is 6.15. The van der Waals surface area contributed by atoms with Crippen molar-refractivity contribution in [3.8, 4) is 16.9 Å². The van der Waals surface area contributed by atoms with Crippen molar-refractivity contribution < 1.29 is 14.3 Å². The molecular weight excluding hydrogens is 300 g/mol. The summed E-state index contributed by atoms with van der Waals surface area (Å²) < 4.78 is 5.84. The Kier molecular flexibility index (Phi) is 3.39. The van der Waals surface area contributed by atoms with E-state index in [0.717, 1.165) is 16.5 Å². The zero-order valence-electron chi connectivity index (χ0n) is 12.8. The second-order valence-corrected chi connectivity index (χ2v) is 5.55. The SMILES string of the molecule is O=C(c1ccccc1)c1oc2cc(O)ccc2c1-c1ccccc1. The van der Waals surface area contributed by atoms with Crippen LogP contribution in [0.1, 0.15) is 16.1 Å². The molecule has 1 aromatic heterocycles. The summed E-state index contributed by atoms with van der Waals surface area (Å²) >= 11 is 0. The molecule has 1 N–H and O–H groups in total. The fraction of sp³-hybridized carbons (Fsp3) is 0. The van der Waals surface area contributed by atoms with E-state index in [0.29, 0.717) is 11.1 Å². The highest BCUT2D eigenvalue weighted by Crippen LogP contribution is 2.37. The van der Waals surface area contributed by atoms with Gasteiger partial charge in [-0.15, -0.1) is 0 Å². The molecule has 0 saturated carbocycles. The molecule has 3 heteroatoms. The Morgan fingerprint density at radius 1 is 0.833 bits per heavy atom. The second-order valence-electron chi connectivity index (χ2n) is 5.55. The number of hydrogen-bond acceptors (Lipinski definition) is 3. The van der Waals surface area contributed by atoms with Gasteiger partial charge in [-0.25, -0.2) is 0 Å². The van der Waals surface area contributed by atoms with Crippen molar-refractivity contribution in [2.75, 3.05) is 0 Å². The van der Waals surface area contributed by atoms with Crippen molar-refractivity contribution in [3.05, 3.63) is 90.2 Å². The van der Waals surface area contributed by atoms with Crippen LogP contribution in [-0.2, 0) is 0 Å². The monoisotopic (exact) mass is 314 g/mol. The summed E-state index contributed by atoms with van der Waals surface area (Å²) in [5, 5.41) is 10.5. The Morgan fingerprint density at radius 3 is 2.21 bits per heavy atom. The van der Waals surface area contributed by atoms with Crippen molar-refractivity contribution in [1.29, 1.82) is 0 Å². The fourth-order valence-corrected chi connectivity index (χ4v) is 2.86. The van der Waals surface area contributed by atoms with Gasteiger partial charge < -0.3 is 9.52 Å². The van der Waals surface area contributed by atoms with Crippen LogP contribution in [0.2, 0.25) is 0 Å². The summed E-state index contributed by atoms with van der Waals surface area (Å²) in [6.45, 7) is 0. The summed E-state index contributed by atoms with van der Waals surface area (Å²) in [7, 11) is 0. The maximum Gasteiger partial charge on any atom is 0.228 e. The van der Waals surface area contributed by atoms with E-state index >= 15 is 0 Å². The molecule has 0 amide bonds. The highest BCUT2D eigenvalue weighted by atomic mass is 16.3. The first-order valence-electron chi connectivity index (χ1n) is 7.65. The van der Waals surface area contributed by atoms with Gasteiger partial charge >= 0.3 is 0 Å². The van der Waals surface area contributed by atoms with Crippen LogP contribution < -0.4 is 0 Å². The van der Waals surface area contributed by atoms with Crippen molar-refractivity contribution in [2.24, 2.45) is 0 Å². The van der Waals surface area contributed by atoms with E-state index in [-0.39, 0.29) is 17.3 Å². The number of hydrogen-bond donors (Lipinski definition) is 1. The predicted octanol–water partition coefficient (Wildman–Crippen LogP) is 5.04. The lowest BCUT2D eigenvalue weighted by Crippen LogP contribution is -2.01. The van der Waals surface area contributed by atoms with Crippen molar-refractivity contribution >= 4 is 16.8 Å². The summed E-state index contributed by atoms with van der Waals surface area (Å²) in [6.07, 6.45) is 0. The molecule has 0 bridgehead atoms. The standard InChI is InChI=1S/C21H14O3/c22-16-11-12-17-18(13-16)24-21(19(17)14-7-3-1-4-8-14)20(23)15-9-5-2-6-10-15/h1-13,22H. The summed E-state index contributed by atoms with van der Waals surface area (Å²) in [5.41, 5.74) is 2.71. The summed E-state index contributed by atoms with van der Waals surface area (Å²) in [6, 6.07) is 23.6. The van der Waals surface area contributed by atoms with Crippen LogP contribution in [0.4, 0.5) is 0 Å². The van der Waals surface area contributed by atoms with Gasteiger partial charge in [-0.1, -0.05) is 60.7 Å². The lowest BCUT2D eigenvalue weighted by atomic mass is 9.98. The van der Waals surface area contributed by atoms with Crippen LogP contribution in [0.15, 0.2) is 83.3 Å². The molecular formula is C21H14O3. The summed E-state index contributed by atoms with van der Waals surface area (Å²) in [5.74, 6) is 0.215. The number of phenols is 1. The topological polar surface area (TPSA) is 50.4 Å². The van der Waals surface area contributed by atoms with Gasteiger partial charge in [0.15, 0.2) is 5.76 Å². The molecule has 0 aliphatic heterocycles. The minimum absolute atomic E-state index is 0.106. The molecule has 0 fully saturated rings. The molecule has 0 aliphatic rings. The Balaban J connectivity index is 1.99. The van der Waals surface area contributed by atoms with E-state index in [9.17, 15) is 9.90 Å². The van der Waals surface area contributed by atoms with Gasteiger partial charge in [-0.2, -0.15) is 0 Å². The molecule has 3 aromatic carbocycles. The van der Waals surface area contributed by atoms with Gasteiger partial charge in [0.1, 0.15) is 11.3 Å². The van der Waals surface area contributed by atoms with Crippen LogP contribution in [0.3, 0.4) is 0 Å². The molecule has 1 heterocycles. The highest BCUT2D eigenvalue weighted by Gasteiger charge is 2.23. The third-order valence-corrected chi connectivity index (χ3v) is 3.98. The van der Waals surface area contributed by atoms with Crippen molar-refractivity contribution in [2.45, 2.75) is 0 Å². The smallest absolute Gasteiger partial charge is 0.228 e. The van der Waals surface area contributed by atoms with E-state index in [4.69, 9.17) is 4.42 Å². The van der Waals surface area contributed by atoms with Crippen LogP contribution in [0, 0.1) is 0 Å². The normalized spacial score (nSPS) is 10.8. The number of aromatic hydroxyl groups is 1. The van der Waals surface area contributed by atoms with Crippen molar-refractivity contribution in [1.82, 2.24) is 0 Å². The molecule has 0 aliphatic carbocycles. The predicted molar refractivity (Wildman–Crippen MR) is 93.2 cm³/mol. The van der Waals surface area contributed by atoms with E-state index < -0.39 is 0 Å². The molecule has 0 radical (unpaired) electrons. The molecule has 0 saturated heterocycles. The van der Waals surface area contributed by atoms with E-state index in [2.05, 4.69) is 0 Å². The minimum atomic E-state index is -0.176. The van der Waals surface area contributed by atoms with Gasteiger partial charge in [0, 0.05) is 22.6 Å². The first-order valence-corrected chi connectivity index (χ1v) is 7.65. The average molecular weight is 314 g/mol. The van der Waals surface area contributed by atoms with E-state index in [1.165, 1.54) is 6.07 Å². The third-order valence-electron chi connectivity index (χ3n) is 3.98. The first-order chi connectivity index (χ1) is 11.7. The number of carbonyl (C=O) groups excluding carboxylic acids is 1. The Labute approximate surface area is 138 Å². The number of ketones is 1. The fourth-order valence-electron chi connectivity index (χ4n) is 2.86. The number of furan rings is 1. The second kappa shape index (κ2) is 5.70. The minimum Gasteiger partial charge on any atom is -0.508 e. The van der Waals surface area contributed by atoms with E-state index in [1.54, 1.807) is 24.3 Å². The number of phenolic OH excluding ortho intramolecular Hbond substituents is 1. The Hall–Kier alpha value is -3.33. The number of rotatable bonds is 3. The quantitative estimate of drug-likeness (QED) is 0.539. The first kappa shape index (κ1) is 14.3. The lowest BCUT2D eigenvalue weighted by molar-refractivity contribution is 0.101. The van der Waals surface area contributed by atoms with Gasteiger partial charge in [0.05, 0.1) is 0 Å². The molecule has 3 nitrogen and oxygen atoms in total. The molecule has 0 atom stereocenters. The number of benzene rings is 3. The van der Waals surface area contributed by atoms with Crippen molar-refractivity contribution in [3.63, 3.8) is 0 Å². The maximum atomic E-state index is 12.9. The van der Waals surface area contributed by atoms with Gasteiger partial charge in [-0.05, 0) is 17.7 Å². The lowest BCUT2D eigenvalue weighted by Gasteiger charge is -2.03. The molecule has 4 aromatic rings. The van der Waals surface area contributed by atoms with Gasteiger partial charge in [0.2, 0.25) is 5.78 Å². The van der Waals surface area contributed by atoms with Crippen LogP contribution >= 0.6 is 0 Å². The zero-order valence-corrected chi connectivity index (χ0v) is 12.8. The molecule has 0 unspecified atom stereocenters. The number of fused-ring (bicyclic) bond motifs is 1. The Bertz CT molecular complexity index is 1020. The number of carbonyl (C=O) groups is 1. The molecule has 0 spiro atoms.